The molecule has 0 saturated carbocycles. The third-order valence-corrected chi connectivity index (χ3v) is 4.25. The van der Waals surface area contributed by atoms with Crippen molar-refractivity contribution in [2.24, 2.45) is 5.73 Å². The maximum absolute atomic E-state index is 6.01. The Balaban J connectivity index is 1.90. The molecule has 22 heavy (non-hydrogen) atoms. The Hall–Kier alpha value is -1.85. The number of aromatic nitrogens is 1. The number of hydrogen-bond donors (Lipinski definition) is 2. The van der Waals surface area contributed by atoms with Gasteiger partial charge in [-0.25, -0.2) is 4.98 Å². The second-order valence-corrected chi connectivity index (χ2v) is 5.78. The van der Waals surface area contributed by atoms with Crippen LogP contribution in [-0.4, -0.2) is 44.4 Å². The number of piperidine rings is 1. The summed E-state index contributed by atoms with van der Waals surface area (Å²) in [4.78, 5) is 6.98. The van der Waals surface area contributed by atoms with Crippen LogP contribution in [0.2, 0.25) is 0 Å². The fraction of sp³-hybridized carbons (Fsp3) is 0.471. The molecule has 0 unspecified atom stereocenters. The normalized spacial score (nSPS) is 16.2. The quantitative estimate of drug-likeness (QED) is 0.829. The van der Waals surface area contributed by atoms with Crippen LogP contribution < -0.4 is 16.0 Å². The number of rotatable bonds is 5. The SMILES string of the molecule is COCCNc1cccc2c(N3CCC(N)CC3)nccc12. The Bertz CT molecular complexity index is 623. The van der Waals surface area contributed by atoms with E-state index in [0.717, 1.165) is 44.0 Å². The van der Waals surface area contributed by atoms with Gasteiger partial charge in [0.1, 0.15) is 5.82 Å². The second-order valence-electron chi connectivity index (χ2n) is 5.78. The summed E-state index contributed by atoms with van der Waals surface area (Å²) in [6, 6.07) is 8.74. The third-order valence-electron chi connectivity index (χ3n) is 4.25. The van der Waals surface area contributed by atoms with Crippen LogP contribution in [0, 0.1) is 0 Å². The van der Waals surface area contributed by atoms with E-state index in [1.807, 2.05) is 6.20 Å². The van der Waals surface area contributed by atoms with Gasteiger partial charge in [-0.05, 0) is 25.0 Å². The van der Waals surface area contributed by atoms with Crippen molar-refractivity contribution < 1.29 is 4.74 Å². The molecule has 0 radical (unpaired) electrons. The monoisotopic (exact) mass is 300 g/mol. The standard InChI is InChI=1S/C17H24N4O/c1-22-12-9-19-16-4-2-3-15-14(16)5-8-20-17(15)21-10-6-13(18)7-11-21/h2-5,8,13,19H,6-7,9-12,18H2,1H3. The fourth-order valence-corrected chi connectivity index (χ4v) is 3.00. The first-order valence-electron chi connectivity index (χ1n) is 7.90. The van der Waals surface area contributed by atoms with Crippen LogP contribution in [0.5, 0.6) is 0 Å². The summed E-state index contributed by atoms with van der Waals surface area (Å²) in [5.74, 6) is 1.07. The van der Waals surface area contributed by atoms with E-state index in [0.29, 0.717) is 12.6 Å². The molecule has 5 nitrogen and oxygen atoms in total. The Morgan fingerprint density at radius 1 is 1.27 bits per heavy atom. The first-order chi connectivity index (χ1) is 10.8. The minimum atomic E-state index is 0.331. The first kappa shape index (κ1) is 15.1. The summed E-state index contributed by atoms with van der Waals surface area (Å²) in [6.07, 6.45) is 3.96. The van der Waals surface area contributed by atoms with Crippen LogP contribution in [0.25, 0.3) is 10.8 Å². The molecule has 0 amide bonds. The van der Waals surface area contributed by atoms with E-state index in [4.69, 9.17) is 10.5 Å². The number of methoxy groups -OCH3 is 1. The molecule has 1 saturated heterocycles. The molecular weight excluding hydrogens is 276 g/mol. The number of nitrogens with zero attached hydrogens (tertiary/aromatic N) is 2. The van der Waals surface area contributed by atoms with Gasteiger partial charge in [-0.1, -0.05) is 12.1 Å². The van der Waals surface area contributed by atoms with Crippen LogP contribution in [0.1, 0.15) is 12.8 Å². The van der Waals surface area contributed by atoms with E-state index in [1.165, 1.54) is 10.8 Å². The summed E-state index contributed by atoms with van der Waals surface area (Å²) in [7, 11) is 1.72. The molecule has 1 aliphatic rings. The second kappa shape index (κ2) is 6.94. The van der Waals surface area contributed by atoms with Crippen molar-refractivity contribution >= 4 is 22.3 Å². The highest BCUT2D eigenvalue weighted by Gasteiger charge is 2.19. The average Bonchev–Trinajstić information content (AvgIpc) is 2.56. The van der Waals surface area contributed by atoms with E-state index in [-0.39, 0.29) is 0 Å². The van der Waals surface area contributed by atoms with Crippen molar-refractivity contribution in [1.29, 1.82) is 0 Å². The molecule has 1 aromatic heterocycles. The van der Waals surface area contributed by atoms with Gasteiger partial charge in [-0.3, -0.25) is 0 Å². The van der Waals surface area contributed by atoms with Crippen LogP contribution in [0.3, 0.4) is 0 Å². The fourth-order valence-electron chi connectivity index (χ4n) is 3.00. The number of benzene rings is 1. The van der Waals surface area contributed by atoms with E-state index >= 15 is 0 Å². The smallest absolute Gasteiger partial charge is 0.136 e. The number of ether oxygens (including phenoxy) is 1. The maximum atomic E-state index is 6.01. The van der Waals surface area contributed by atoms with Gasteiger partial charge in [-0.15, -0.1) is 0 Å². The summed E-state index contributed by atoms with van der Waals surface area (Å²) in [5.41, 5.74) is 7.14. The van der Waals surface area contributed by atoms with E-state index < -0.39 is 0 Å². The Kier molecular flexibility index (Phi) is 4.75. The molecule has 1 fully saturated rings. The maximum Gasteiger partial charge on any atom is 0.136 e. The molecule has 3 N–H and O–H groups in total. The summed E-state index contributed by atoms with van der Waals surface area (Å²) in [5, 5.41) is 5.84. The predicted octanol–water partition coefficient (Wildman–Crippen LogP) is 2.22. The van der Waals surface area contributed by atoms with Gasteiger partial charge in [0.2, 0.25) is 0 Å². The number of pyridine rings is 1. The van der Waals surface area contributed by atoms with Gasteiger partial charge in [0.15, 0.2) is 0 Å². The van der Waals surface area contributed by atoms with Crippen molar-refractivity contribution in [3.05, 3.63) is 30.5 Å². The molecular formula is C17H24N4O. The molecule has 1 aliphatic heterocycles. The van der Waals surface area contributed by atoms with Crippen molar-refractivity contribution in [3.8, 4) is 0 Å². The summed E-state index contributed by atoms with van der Waals surface area (Å²) >= 11 is 0. The average molecular weight is 300 g/mol. The minimum Gasteiger partial charge on any atom is -0.383 e. The zero-order chi connectivity index (χ0) is 15.4. The molecule has 118 valence electrons. The van der Waals surface area contributed by atoms with Crippen molar-refractivity contribution in [1.82, 2.24) is 4.98 Å². The Morgan fingerprint density at radius 3 is 2.86 bits per heavy atom. The van der Waals surface area contributed by atoms with Crippen LogP contribution in [0.4, 0.5) is 11.5 Å². The van der Waals surface area contributed by atoms with Gasteiger partial charge >= 0.3 is 0 Å². The molecule has 3 rings (SSSR count). The molecule has 2 aromatic rings. The van der Waals surface area contributed by atoms with Crippen molar-refractivity contribution in [2.75, 3.05) is 43.6 Å². The molecule has 0 aliphatic carbocycles. The molecule has 0 bridgehead atoms. The lowest BCUT2D eigenvalue weighted by Crippen LogP contribution is -2.40. The largest absolute Gasteiger partial charge is 0.383 e. The number of nitrogens with two attached hydrogens (primary N) is 1. The predicted molar refractivity (Wildman–Crippen MR) is 91.5 cm³/mol. The van der Waals surface area contributed by atoms with Crippen LogP contribution in [-0.2, 0) is 4.74 Å². The first-order valence-corrected chi connectivity index (χ1v) is 7.90. The van der Waals surface area contributed by atoms with Crippen LogP contribution >= 0.6 is 0 Å². The lowest BCUT2D eigenvalue weighted by Gasteiger charge is -2.31. The highest BCUT2D eigenvalue weighted by atomic mass is 16.5. The Morgan fingerprint density at radius 2 is 2.09 bits per heavy atom. The molecule has 5 heteroatoms. The zero-order valence-corrected chi connectivity index (χ0v) is 13.1. The van der Waals surface area contributed by atoms with Gasteiger partial charge < -0.3 is 20.7 Å². The number of fused-ring (bicyclic) bond motifs is 1. The lowest BCUT2D eigenvalue weighted by molar-refractivity contribution is 0.211. The van der Waals surface area contributed by atoms with Gasteiger partial charge in [0.05, 0.1) is 6.61 Å². The van der Waals surface area contributed by atoms with E-state index in [9.17, 15) is 0 Å². The van der Waals surface area contributed by atoms with Crippen molar-refractivity contribution in [3.63, 3.8) is 0 Å². The molecule has 1 aromatic carbocycles. The highest BCUT2D eigenvalue weighted by Crippen LogP contribution is 2.30. The topological polar surface area (TPSA) is 63.4 Å². The molecule has 0 atom stereocenters. The van der Waals surface area contributed by atoms with Crippen molar-refractivity contribution in [2.45, 2.75) is 18.9 Å². The number of anilines is 2. The lowest BCUT2D eigenvalue weighted by atomic mass is 10.0. The molecule has 2 heterocycles. The highest BCUT2D eigenvalue weighted by molar-refractivity contribution is 6.00. The summed E-state index contributed by atoms with van der Waals surface area (Å²) < 4.78 is 5.11. The van der Waals surface area contributed by atoms with Gasteiger partial charge in [0, 0.05) is 55.4 Å². The number of nitrogens with one attached hydrogen (secondary N) is 1. The number of hydrogen-bond acceptors (Lipinski definition) is 5. The summed E-state index contributed by atoms with van der Waals surface area (Å²) in [6.45, 7) is 3.45. The van der Waals surface area contributed by atoms with Gasteiger partial charge in [-0.2, -0.15) is 0 Å². The van der Waals surface area contributed by atoms with Gasteiger partial charge in [0.25, 0.3) is 0 Å². The molecule has 0 spiro atoms. The van der Waals surface area contributed by atoms with Crippen LogP contribution in [0.15, 0.2) is 30.5 Å². The zero-order valence-electron chi connectivity index (χ0n) is 13.1. The Labute approximate surface area is 131 Å². The van der Waals surface area contributed by atoms with E-state index in [1.54, 1.807) is 7.11 Å². The third kappa shape index (κ3) is 3.15. The minimum absolute atomic E-state index is 0.331. The van der Waals surface area contributed by atoms with E-state index in [2.05, 4.69) is 39.5 Å².